The molecule has 1 heterocycles. The largest absolute Gasteiger partial charge is 0.295 e. The maximum atomic E-state index is 2.76. The second-order valence-corrected chi connectivity index (χ2v) is 4.78. The molecule has 2 rings (SSSR count). The average Bonchev–Trinajstić information content (AvgIpc) is 2.95. The third kappa shape index (κ3) is 2.46. The maximum absolute atomic E-state index is 2.76. The van der Waals surface area contributed by atoms with Crippen molar-refractivity contribution in [3.8, 4) is 0 Å². The van der Waals surface area contributed by atoms with Crippen LogP contribution in [-0.4, -0.2) is 23.5 Å². The monoisotopic (exact) mass is 181 g/mol. The molecule has 0 bridgehead atoms. The Morgan fingerprint density at radius 2 is 1.92 bits per heavy atom. The van der Waals surface area contributed by atoms with Gasteiger partial charge >= 0.3 is 0 Å². The summed E-state index contributed by atoms with van der Waals surface area (Å²) in [5.41, 5.74) is 0. The molecule has 0 aromatic heterocycles. The molecule has 13 heavy (non-hydrogen) atoms. The van der Waals surface area contributed by atoms with E-state index >= 15 is 0 Å². The van der Waals surface area contributed by atoms with Crippen LogP contribution in [0, 0.1) is 0 Å². The van der Waals surface area contributed by atoms with Crippen LogP contribution in [0.3, 0.4) is 0 Å². The summed E-state index contributed by atoms with van der Waals surface area (Å²) in [6.45, 7) is 3.72. The van der Waals surface area contributed by atoms with Crippen molar-refractivity contribution >= 4 is 0 Å². The van der Waals surface area contributed by atoms with E-state index in [1.807, 2.05) is 0 Å². The van der Waals surface area contributed by atoms with E-state index in [9.17, 15) is 0 Å². The molecule has 1 aliphatic heterocycles. The highest BCUT2D eigenvalue weighted by Crippen LogP contribution is 2.33. The number of hydrogen-bond acceptors (Lipinski definition) is 1. The minimum Gasteiger partial charge on any atom is -0.295 e. The van der Waals surface area contributed by atoms with Gasteiger partial charge in [0.15, 0.2) is 0 Å². The van der Waals surface area contributed by atoms with Crippen LogP contribution in [0.15, 0.2) is 0 Å². The van der Waals surface area contributed by atoms with Gasteiger partial charge in [-0.3, -0.25) is 4.90 Å². The molecule has 0 aromatic rings. The van der Waals surface area contributed by atoms with E-state index in [0.29, 0.717) is 0 Å². The van der Waals surface area contributed by atoms with E-state index < -0.39 is 0 Å². The van der Waals surface area contributed by atoms with Crippen LogP contribution in [0.4, 0.5) is 0 Å². The smallest absolute Gasteiger partial charge is 0.0227 e. The van der Waals surface area contributed by atoms with Crippen molar-refractivity contribution < 1.29 is 0 Å². The molecule has 1 saturated heterocycles. The second-order valence-electron chi connectivity index (χ2n) is 4.78. The first-order chi connectivity index (χ1) is 6.42. The fourth-order valence-electron chi connectivity index (χ4n) is 2.75. The SMILES string of the molecule is CCCC[C@@H]1CN1C1CCCCC1. The standard InChI is InChI=1S/C12H23N/c1-2-3-7-12-10-13(12)11-8-5-4-6-9-11/h11-12H,2-10H2,1H3/t12-,13?/m1/s1. The lowest BCUT2D eigenvalue weighted by Gasteiger charge is -2.23. The van der Waals surface area contributed by atoms with Gasteiger partial charge in [-0.05, 0) is 19.3 Å². The van der Waals surface area contributed by atoms with Gasteiger partial charge in [-0.25, -0.2) is 0 Å². The molecule has 0 spiro atoms. The number of rotatable bonds is 4. The van der Waals surface area contributed by atoms with Gasteiger partial charge in [0.05, 0.1) is 0 Å². The molecule has 1 unspecified atom stereocenters. The van der Waals surface area contributed by atoms with Gasteiger partial charge in [0.25, 0.3) is 0 Å². The van der Waals surface area contributed by atoms with Gasteiger partial charge < -0.3 is 0 Å². The van der Waals surface area contributed by atoms with Gasteiger partial charge in [0.1, 0.15) is 0 Å². The molecule has 2 aliphatic rings. The summed E-state index contributed by atoms with van der Waals surface area (Å²) >= 11 is 0. The zero-order valence-electron chi connectivity index (χ0n) is 8.97. The minimum absolute atomic E-state index is 0.982. The summed E-state index contributed by atoms with van der Waals surface area (Å²) in [7, 11) is 0. The highest BCUT2D eigenvalue weighted by molar-refractivity contribution is 4.94. The Kier molecular flexibility index (Phi) is 3.26. The second kappa shape index (κ2) is 4.45. The topological polar surface area (TPSA) is 3.01 Å². The van der Waals surface area contributed by atoms with Crippen molar-refractivity contribution in [2.24, 2.45) is 0 Å². The van der Waals surface area contributed by atoms with Crippen molar-refractivity contribution in [1.29, 1.82) is 0 Å². The first-order valence-corrected chi connectivity index (χ1v) is 6.17. The van der Waals surface area contributed by atoms with E-state index in [1.165, 1.54) is 57.9 Å². The Morgan fingerprint density at radius 3 is 2.62 bits per heavy atom. The maximum Gasteiger partial charge on any atom is 0.0227 e. The molecular weight excluding hydrogens is 158 g/mol. The molecule has 2 fully saturated rings. The molecule has 1 aliphatic carbocycles. The van der Waals surface area contributed by atoms with Crippen LogP contribution in [0.1, 0.15) is 58.3 Å². The Labute approximate surface area is 82.5 Å². The predicted octanol–water partition coefficient (Wildman–Crippen LogP) is 3.19. The zero-order valence-corrected chi connectivity index (χ0v) is 8.97. The number of unbranched alkanes of at least 4 members (excludes halogenated alkanes) is 1. The minimum atomic E-state index is 0.982. The zero-order chi connectivity index (χ0) is 9.10. The molecule has 76 valence electrons. The van der Waals surface area contributed by atoms with E-state index in [0.717, 1.165) is 12.1 Å². The highest BCUT2D eigenvalue weighted by Gasteiger charge is 2.38. The van der Waals surface area contributed by atoms with Crippen LogP contribution in [0.5, 0.6) is 0 Å². The Balaban J connectivity index is 1.66. The van der Waals surface area contributed by atoms with Crippen LogP contribution in [-0.2, 0) is 0 Å². The van der Waals surface area contributed by atoms with Crippen molar-refractivity contribution in [3.63, 3.8) is 0 Å². The van der Waals surface area contributed by atoms with Crippen LogP contribution >= 0.6 is 0 Å². The van der Waals surface area contributed by atoms with Crippen molar-refractivity contribution in [2.75, 3.05) is 6.54 Å². The number of nitrogens with zero attached hydrogens (tertiary/aromatic N) is 1. The fraction of sp³-hybridized carbons (Fsp3) is 1.00. The van der Waals surface area contributed by atoms with Crippen LogP contribution < -0.4 is 0 Å². The van der Waals surface area contributed by atoms with E-state index in [-0.39, 0.29) is 0 Å². The lowest BCUT2D eigenvalue weighted by atomic mass is 9.95. The quantitative estimate of drug-likeness (QED) is 0.602. The van der Waals surface area contributed by atoms with E-state index in [1.54, 1.807) is 0 Å². The Hall–Kier alpha value is -0.0400. The lowest BCUT2D eigenvalue weighted by molar-refractivity contribution is 0.278. The number of hydrogen-bond donors (Lipinski definition) is 0. The molecule has 0 amide bonds. The lowest BCUT2D eigenvalue weighted by Crippen LogP contribution is -2.23. The predicted molar refractivity (Wildman–Crippen MR) is 56.9 cm³/mol. The van der Waals surface area contributed by atoms with E-state index in [4.69, 9.17) is 0 Å². The Bertz CT molecular complexity index is 149. The molecule has 0 radical (unpaired) electrons. The molecule has 2 atom stereocenters. The molecule has 1 saturated carbocycles. The first kappa shape index (κ1) is 9.51. The van der Waals surface area contributed by atoms with Crippen molar-refractivity contribution in [1.82, 2.24) is 4.90 Å². The van der Waals surface area contributed by atoms with Crippen LogP contribution in [0.2, 0.25) is 0 Å². The van der Waals surface area contributed by atoms with Gasteiger partial charge in [0.2, 0.25) is 0 Å². The highest BCUT2D eigenvalue weighted by atomic mass is 15.3. The van der Waals surface area contributed by atoms with Crippen LogP contribution in [0.25, 0.3) is 0 Å². The van der Waals surface area contributed by atoms with Gasteiger partial charge in [-0.1, -0.05) is 39.0 Å². The molecular formula is C12H23N. The fourth-order valence-corrected chi connectivity index (χ4v) is 2.75. The molecule has 1 heteroatoms. The van der Waals surface area contributed by atoms with E-state index in [2.05, 4.69) is 11.8 Å². The summed E-state index contributed by atoms with van der Waals surface area (Å²) in [5.74, 6) is 0. The van der Waals surface area contributed by atoms with Gasteiger partial charge in [-0.15, -0.1) is 0 Å². The summed E-state index contributed by atoms with van der Waals surface area (Å²) < 4.78 is 0. The van der Waals surface area contributed by atoms with Gasteiger partial charge in [0, 0.05) is 18.6 Å². The molecule has 1 nitrogen and oxygen atoms in total. The van der Waals surface area contributed by atoms with Crippen molar-refractivity contribution in [3.05, 3.63) is 0 Å². The normalized spacial score (nSPS) is 34.8. The third-order valence-electron chi connectivity index (χ3n) is 3.69. The first-order valence-electron chi connectivity index (χ1n) is 6.17. The summed E-state index contributed by atoms with van der Waals surface area (Å²) in [5, 5.41) is 0. The summed E-state index contributed by atoms with van der Waals surface area (Å²) in [4.78, 5) is 2.76. The average molecular weight is 181 g/mol. The van der Waals surface area contributed by atoms with Crippen molar-refractivity contribution in [2.45, 2.75) is 70.4 Å². The summed E-state index contributed by atoms with van der Waals surface area (Å²) in [6.07, 6.45) is 11.7. The summed E-state index contributed by atoms with van der Waals surface area (Å²) in [6, 6.07) is 1.97. The third-order valence-corrected chi connectivity index (χ3v) is 3.69. The van der Waals surface area contributed by atoms with Gasteiger partial charge in [-0.2, -0.15) is 0 Å². The molecule has 0 aromatic carbocycles. The molecule has 0 N–H and O–H groups in total. The Morgan fingerprint density at radius 1 is 1.15 bits per heavy atom.